The monoisotopic (exact) mass is 450 g/mol. The minimum Gasteiger partial charge on any atom is -0.463 e. The first-order chi connectivity index (χ1) is 12.0. The number of hydrogen-bond acceptors (Lipinski definition) is 6. The Morgan fingerprint density at radius 2 is 0.962 bits per heavy atom. The number of hydrogen-bond donors (Lipinski definition) is 0. The molecule has 0 unspecified atom stereocenters. The predicted octanol–water partition coefficient (Wildman–Crippen LogP) is 3.27. The molecular weight excluding hydrogens is 430 g/mol. The van der Waals surface area contributed by atoms with Gasteiger partial charge in [-0.15, -0.1) is 46.4 Å². The summed E-state index contributed by atoms with van der Waals surface area (Å²) in [5.41, 5.74) is -1.67. The Kier molecular flexibility index (Phi) is 7.02. The topological polar surface area (TPSA) is 71.1 Å². The molecule has 0 aromatic rings. The van der Waals surface area contributed by atoms with Crippen molar-refractivity contribution in [2.75, 3.05) is 39.6 Å². The van der Waals surface area contributed by atoms with Crippen molar-refractivity contribution in [1.82, 2.24) is 0 Å². The molecule has 2 atom stereocenters. The molecule has 0 aromatic heterocycles. The number of carbonyl (C=O) groups excluding carboxylic acids is 2. The number of rotatable bonds is 11. The fourth-order valence-corrected chi connectivity index (χ4v) is 3.65. The van der Waals surface area contributed by atoms with Gasteiger partial charge in [-0.1, -0.05) is 0 Å². The maximum absolute atomic E-state index is 11.8. The average molecular weight is 452 g/mol. The van der Waals surface area contributed by atoms with Crippen LogP contribution in [0.1, 0.15) is 26.7 Å². The Balaban J connectivity index is 1.40. The van der Waals surface area contributed by atoms with Crippen LogP contribution in [0.4, 0.5) is 0 Å². The van der Waals surface area contributed by atoms with Crippen molar-refractivity contribution in [2.24, 2.45) is 10.8 Å². The fraction of sp³-hybridized carbons (Fsp3) is 0.875. The molecule has 0 saturated heterocycles. The molecule has 0 heterocycles. The van der Waals surface area contributed by atoms with E-state index in [9.17, 15) is 9.59 Å². The number of carbonyl (C=O) groups is 2. The highest BCUT2D eigenvalue weighted by Crippen LogP contribution is 2.64. The Morgan fingerprint density at radius 1 is 0.692 bits per heavy atom. The first kappa shape index (κ1) is 22.3. The van der Waals surface area contributed by atoms with Crippen LogP contribution in [-0.2, 0) is 28.5 Å². The smallest absolute Gasteiger partial charge is 0.315 e. The van der Waals surface area contributed by atoms with E-state index >= 15 is 0 Å². The molecule has 0 spiro atoms. The standard InChI is InChI=1S/C16H22Cl4O6/c1-13(9-15(13,17)18)11(21)25-7-5-23-3-4-24-6-8-26-12(22)14(2)10-16(14,19)20/h3-10H2,1-2H3/t13-,14-/m1/s1. The molecule has 2 aliphatic carbocycles. The molecule has 0 bridgehead atoms. The van der Waals surface area contributed by atoms with Gasteiger partial charge in [0.25, 0.3) is 0 Å². The summed E-state index contributed by atoms with van der Waals surface area (Å²) in [5, 5.41) is 0. The first-order valence-corrected chi connectivity index (χ1v) is 9.73. The van der Waals surface area contributed by atoms with Crippen LogP contribution in [0.15, 0.2) is 0 Å². The summed E-state index contributed by atoms with van der Waals surface area (Å²) in [7, 11) is 0. The molecule has 0 aliphatic heterocycles. The van der Waals surface area contributed by atoms with Gasteiger partial charge in [0, 0.05) is 12.8 Å². The third kappa shape index (κ3) is 4.89. The highest BCUT2D eigenvalue weighted by molar-refractivity contribution is 6.53. The molecule has 2 fully saturated rings. The van der Waals surface area contributed by atoms with E-state index in [2.05, 4.69) is 0 Å². The van der Waals surface area contributed by atoms with Crippen molar-refractivity contribution in [1.29, 1.82) is 0 Å². The summed E-state index contributed by atoms with van der Waals surface area (Å²) in [6, 6.07) is 0. The molecule has 6 nitrogen and oxygen atoms in total. The van der Waals surface area contributed by atoms with Gasteiger partial charge < -0.3 is 18.9 Å². The second-order valence-corrected chi connectivity index (χ2v) is 9.89. The Labute approximate surface area is 172 Å². The van der Waals surface area contributed by atoms with Crippen molar-refractivity contribution in [3.05, 3.63) is 0 Å². The van der Waals surface area contributed by atoms with Gasteiger partial charge >= 0.3 is 11.9 Å². The summed E-state index contributed by atoms with van der Waals surface area (Å²) >= 11 is 23.6. The molecule has 2 aliphatic rings. The number of halogens is 4. The van der Waals surface area contributed by atoms with Crippen LogP contribution in [0.3, 0.4) is 0 Å². The molecule has 0 radical (unpaired) electrons. The zero-order valence-electron chi connectivity index (χ0n) is 14.6. The quantitative estimate of drug-likeness (QED) is 0.272. The van der Waals surface area contributed by atoms with E-state index in [4.69, 9.17) is 65.4 Å². The molecule has 2 saturated carbocycles. The SMILES string of the molecule is C[C@]1(C(=O)OCCOCCOCCOC(=O)[C@@]2(C)CC2(Cl)Cl)CC1(Cl)Cl. The van der Waals surface area contributed by atoms with Gasteiger partial charge in [-0.25, -0.2) is 0 Å². The highest BCUT2D eigenvalue weighted by atomic mass is 35.5. The third-order valence-corrected chi connectivity index (χ3v) is 6.91. The van der Waals surface area contributed by atoms with Gasteiger partial charge in [0.1, 0.15) is 32.7 Å². The highest BCUT2D eigenvalue weighted by Gasteiger charge is 2.69. The number of alkyl halides is 4. The van der Waals surface area contributed by atoms with E-state index in [-0.39, 0.29) is 26.4 Å². The first-order valence-electron chi connectivity index (χ1n) is 8.22. The largest absolute Gasteiger partial charge is 0.463 e. The van der Waals surface area contributed by atoms with Crippen molar-refractivity contribution in [3.63, 3.8) is 0 Å². The van der Waals surface area contributed by atoms with Crippen LogP contribution in [0, 0.1) is 10.8 Å². The van der Waals surface area contributed by atoms with Gasteiger partial charge in [0.15, 0.2) is 0 Å². The van der Waals surface area contributed by atoms with Crippen molar-refractivity contribution >= 4 is 58.3 Å². The maximum Gasteiger partial charge on any atom is 0.315 e. The Bertz CT molecular complexity index is 507. The van der Waals surface area contributed by atoms with Crippen LogP contribution < -0.4 is 0 Å². The summed E-state index contributed by atoms with van der Waals surface area (Å²) in [5.74, 6) is -0.849. The molecule has 10 heteroatoms. The lowest BCUT2D eigenvalue weighted by molar-refractivity contribution is -0.152. The molecule has 150 valence electrons. The van der Waals surface area contributed by atoms with Crippen LogP contribution >= 0.6 is 46.4 Å². The van der Waals surface area contributed by atoms with Gasteiger partial charge in [-0.3, -0.25) is 9.59 Å². The maximum atomic E-state index is 11.8. The van der Waals surface area contributed by atoms with Crippen LogP contribution in [0.5, 0.6) is 0 Å². The predicted molar refractivity (Wildman–Crippen MR) is 97.9 cm³/mol. The Morgan fingerprint density at radius 3 is 1.23 bits per heavy atom. The lowest BCUT2D eigenvalue weighted by atomic mass is 10.1. The molecule has 2 rings (SSSR count). The van der Waals surface area contributed by atoms with E-state index in [1.54, 1.807) is 13.8 Å². The second kappa shape index (κ2) is 8.18. The molecule has 0 amide bonds. The van der Waals surface area contributed by atoms with Gasteiger partial charge in [0.05, 0.1) is 26.4 Å². The van der Waals surface area contributed by atoms with Crippen molar-refractivity contribution < 1.29 is 28.5 Å². The molecular formula is C16H22Cl4O6. The van der Waals surface area contributed by atoms with E-state index in [0.29, 0.717) is 26.1 Å². The Hall–Kier alpha value is 0.0200. The van der Waals surface area contributed by atoms with Gasteiger partial charge in [-0.05, 0) is 13.8 Å². The number of ether oxygens (including phenoxy) is 4. The summed E-state index contributed by atoms with van der Waals surface area (Å²) < 4.78 is 18.6. The van der Waals surface area contributed by atoms with E-state index in [0.717, 1.165) is 0 Å². The summed E-state index contributed by atoms with van der Waals surface area (Å²) in [4.78, 5) is 23.6. The second-order valence-electron chi connectivity index (χ2n) is 6.92. The van der Waals surface area contributed by atoms with Crippen LogP contribution in [0.25, 0.3) is 0 Å². The summed E-state index contributed by atoms with van der Waals surface area (Å²) in [6.45, 7) is 4.69. The lowest BCUT2D eigenvalue weighted by Gasteiger charge is -2.12. The zero-order valence-corrected chi connectivity index (χ0v) is 17.6. The van der Waals surface area contributed by atoms with Crippen LogP contribution in [-0.4, -0.2) is 60.2 Å². The number of esters is 2. The fourth-order valence-electron chi connectivity index (χ4n) is 2.27. The van der Waals surface area contributed by atoms with Gasteiger partial charge in [-0.2, -0.15) is 0 Å². The van der Waals surface area contributed by atoms with Crippen LogP contribution in [0.2, 0.25) is 0 Å². The molecule has 0 N–H and O–H groups in total. The van der Waals surface area contributed by atoms with E-state index in [1.807, 2.05) is 0 Å². The third-order valence-electron chi connectivity index (χ3n) is 4.71. The van der Waals surface area contributed by atoms with Gasteiger partial charge in [0.2, 0.25) is 0 Å². The van der Waals surface area contributed by atoms with E-state index < -0.39 is 31.4 Å². The van der Waals surface area contributed by atoms with E-state index in [1.165, 1.54) is 0 Å². The normalized spacial score (nSPS) is 30.5. The summed E-state index contributed by atoms with van der Waals surface area (Å²) in [6.07, 6.45) is 0.772. The average Bonchev–Trinajstić information content (AvgIpc) is 3.28. The van der Waals surface area contributed by atoms with Crippen molar-refractivity contribution in [3.8, 4) is 0 Å². The lowest BCUT2D eigenvalue weighted by Crippen LogP contribution is -2.23. The molecule has 0 aromatic carbocycles. The zero-order chi connectivity index (χ0) is 19.6. The minimum atomic E-state index is -1.03. The van der Waals surface area contributed by atoms with Crippen molar-refractivity contribution in [2.45, 2.75) is 35.4 Å². The molecule has 26 heavy (non-hydrogen) atoms. The minimum absolute atomic E-state index is 0.118.